The fraction of sp³-hybridized carbons (Fsp3) is 0.579. The third-order valence-corrected chi connectivity index (χ3v) is 3.96. The van der Waals surface area contributed by atoms with Gasteiger partial charge in [-0.25, -0.2) is 0 Å². The predicted octanol–water partition coefficient (Wildman–Crippen LogP) is 4.76. The smallest absolute Gasteiger partial charge is 0.184 e. The molecule has 1 rings (SSSR count). The standard InChI is InChI=1S/C19H31N3OS/c1-3-4-5-6-7-8-9-10-15-23-18-13-11-17(12-14-18)16(2)21-22-19(20)24/h11-14H,3-10,15H2,1-2H3,(H3,20,22,24)/b21-16+. The first-order chi connectivity index (χ1) is 11.6. The monoisotopic (exact) mass is 349 g/mol. The zero-order valence-corrected chi connectivity index (χ0v) is 15.8. The SMILES string of the molecule is CCCCCCCCCCOc1ccc(/C(C)=N/NC(N)=S)cc1. The molecular formula is C19H31N3OS. The summed E-state index contributed by atoms with van der Waals surface area (Å²) >= 11 is 4.73. The Morgan fingerprint density at radius 2 is 1.62 bits per heavy atom. The van der Waals surface area contributed by atoms with Crippen molar-refractivity contribution in [1.82, 2.24) is 5.43 Å². The van der Waals surface area contributed by atoms with Crippen LogP contribution in [-0.4, -0.2) is 17.4 Å². The molecule has 0 aliphatic carbocycles. The van der Waals surface area contributed by atoms with E-state index in [1.807, 2.05) is 31.2 Å². The minimum atomic E-state index is 0.166. The van der Waals surface area contributed by atoms with Crippen LogP contribution < -0.4 is 15.9 Å². The molecule has 4 nitrogen and oxygen atoms in total. The molecule has 3 N–H and O–H groups in total. The van der Waals surface area contributed by atoms with Gasteiger partial charge in [-0.2, -0.15) is 5.10 Å². The third kappa shape index (κ3) is 9.50. The third-order valence-electron chi connectivity index (χ3n) is 3.87. The largest absolute Gasteiger partial charge is 0.494 e. The Balaban J connectivity index is 2.18. The highest BCUT2D eigenvalue weighted by Gasteiger charge is 1.99. The highest BCUT2D eigenvalue weighted by molar-refractivity contribution is 7.80. The van der Waals surface area contributed by atoms with Crippen molar-refractivity contribution in [2.24, 2.45) is 10.8 Å². The highest BCUT2D eigenvalue weighted by Crippen LogP contribution is 2.14. The van der Waals surface area contributed by atoms with Crippen molar-refractivity contribution >= 4 is 23.0 Å². The minimum Gasteiger partial charge on any atom is -0.494 e. The van der Waals surface area contributed by atoms with Crippen LogP contribution in [0.4, 0.5) is 0 Å². The van der Waals surface area contributed by atoms with Crippen molar-refractivity contribution in [3.63, 3.8) is 0 Å². The highest BCUT2D eigenvalue weighted by atomic mass is 32.1. The zero-order valence-electron chi connectivity index (χ0n) is 15.0. The quantitative estimate of drug-likeness (QED) is 0.247. The van der Waals surface area contributed by atoms with Gasteiger partial charge in [0.15, 0.2) is 5.11 Å². The fourth-order valence-corrected chi connectivity index (χ4v) is 2.47. The van der Waals surface area contributed by atoms with E-state index < -0.39 is 0 Å². The number of hydrogen-bond acceptors (Lipinski definition) is 3. The van der Waals surface area contributed by atoms with Crippen LogP contribution in [0.1, 0.15) is 70.8 Å². The van der Waals surface area contributed by atoms with E-state index in [0.29, 0.717) is 0 Å². The van der Waals surface area contributed by atoms with E-state index >= 15 is 0 Å². The van der Waals surface area contributed by atoms with Crippen LogP contribution in [-0.2, 0) is 0 Å². The van der Waals surface area contributed by atoms with E-state index in [0.717, 1.165) is 30.1 Å². The molecule has 0 radical (unpaired) electrons. The van der Waals surface area contributed by atoms with Gasteiger partial charge < -0.3 is 10.5 Å². The molecule has 0 bridgehead atoms. The number of benzene rings is 1. The first-order valence-corrected chi connectivity index (χ1v) is 9.37. The molecule has 1 aromatic rings. The van der Waals surface area contributed by atoms with Gasteiger partial charge in [-0.1, -0.05) is 51.9 Å². The lowest BCUT2D eigenvalue weighted by molar-refractivity contribution is 0.304. The first kappa shape index (κ1) is 20.4. The second kappa shape index (κ2) is 12.8. The Hall–Kier alpha value is -1.62. The summed E-state index contributed by atoms with van der Waals surface area (Å²) in [5.41, 5.74) is 9.79. The van der Waals surface area contributed by atoms with Gasteiger partial charge in [0.05, 0.1) is 12.3 Å². The Morgan fingerprint density at radius 1 is 1.04 bits per heavy atom. The van der Waals surface area contributed by atoms with E-state index in [9.17, 15) is 0 Å². The maximum atomic E-state index is 5.79. The summed E-state index contributed by atoms with van der Waals surface area (Å²) in [6.45, 7) is 4.94. The molecular weight excluding hydrogens is 318 g/mol. The number of nitrogens with two attached hydrogens (primary N) is 1. The van der Waals surface area contributed by atoms with Gasteiger partial charge in [-0.15, -0.1) is 0 Å². The molecule has 0 aliphatic rings. The lowest BCUT2D eigenvalue weighted by atomic mass is 10.1. The van der Waals surface area contributed by atoms with Gasteiger partial charge in [0.25, 0.3) is 0 Å². The fourth-order valence-electron chi connectivity index (χ4n) is 2.42. The number of rotatable bonds is 12. The number of unbranched alkanes of at least 4 members (excludes halogenated alkanes) is 7. The maximum absolute atomic E-state index is 5.79. The molecule has 24 heavy (non-hydrogen) atoms. The van der Waals surface area contributed by atoms with Gasteiger partial charge in [0, 0.05) is 0 Å². The van der Waals surface area contributed by atoms with Crippen LogP contribution in [0.25, 0.3) is 0 Å². The number of hydrogen-bond donors (Lipinski definition) is 2. The predicted molar refractivity (Wildman–Crippen MR) is 107 cm³/mol. The molecule has 0 aliphatic heterocycles. The van der Waals surface area contributed by atoms with Gasteiger partial charge in [-0.05, 0) is 55.4 Å². The van der Waals surface area contributed by atoms with Crippen molar-refractivity contribution in [3.05, 3.63) is 29.8 Å². The molecule has 0 spiro atoms. The summed E-state index contributed by atoms with van der Waals surface area (Å²) in [5, 5.41) is 4.27. The summed E-state index contributed by atoms with van der Waals surface area (Å²) in [5.74, 6) is 0.900. The second-order valence-corrected chi connectivity index (χ2v) is 6.46. The van der Waals surface area contributed by atoms with Crippen LogP contribution in [0.5, 0.6) is 5.75 Å². The van der Waals surface area contributed by atoms with Gasteiger partial charge in [0.1, 0.15) is 5.75 Å². The van der Waals surface area contributed by atoms with E-state index in [4.69, 9.17) is 22.7 Å². The van der Waals surface area contributed by atoms with Crippen molar-refractivity contribution in [3.8, 4) is 5.75 Å². The van der Waals surface area contributed by atoms with E-state index in [2.05, 4.69) is 17.5 Å². The van der Waals surface area contributed by atoms with Crippen LogP contribution in [0.15, 0.2) is 29.4 Å². The summed E-state index contributed by atoms with van der Waals surface area (Å²) in [7, 11) is 0. The number of hydrazone groups is 1. The summed E-state index contributed by atoms with van der Waals surface area (Å²) in [4.78, 5) is 0. The molecule has 0 fully saturated rings. The summed E-state index contributed by atoms with van der Waals surface area (Å²) in [6.07, 6.45) is 10.5. The van der Waals surface area contributed by atoms with Crippen LogP contribution in [0.3, 0.4) is 0 Å². The van der Waals surface area contributed by atoms with Gasteiger partial charge in [0.2, 0.25) is 0 Å². The Labute approximate surface area is 151 Å². The number of thiocarbonyl (C=S) groups is 1. The molecule has 0 heterocycles. The van der Waals surface area contributed by atoms with E-state index in [-0.39, 0.29) is 5.11 Å². The molecule has 0 saturated carbocycles. The Morgan fingerprint density at radius 3 is 2.21 bits per heavy atom. The average Bonchev–Trinajstić information content (AvgIpc) is 2.58. The first-order valence-electron chi connectivity index (χ1n) is 8.96. The molecule has 0 atom stereocenters. The number of nitrogens with one attached hydrogen (secondary N) is 1. The van der Waals surface area contributed by atoms with E-state index in [1.54, 1.807) is 0 Å². The van der Waals surface area contributed by atoms with Crippen molar-refractivity contribution in [1.29, 1.82) is 0 Å². The molecule has 0 saturated heterocycles. The Kier molecular flexibility index (Phi) is 10.9. The van der Waals surface area contributed by atoms with Crippen molar-refractivity contribution < 1.29 is 4.74 Å². The molecule has 0 amide bonds. The lowest BCUT2D eigenvalue weighted by Crippen LogP contribution is -2.25. The topological polar surface area (TPSA) is 59.6 Å². The van der Waals surface area contributed by atoms with Gasteiger partial charge in [-0.3, -0.25) is 5.43 Å². The maximum Gasteiger partial charge on any atom is 0.184 e. The molecule has 0 aromatic heterocycles. The second-order valence-electron chi connectivity index (χ2n) is 6.02. The lowest BCUT2D eigenvalue weighted by Gasteiger charge is -2.07. The Bertz CT molecular complexity index is 500. The summed E-state index contributed by atoms with van der Waals surface area (Å²) in [6, 6.07) is 7.92. The van der Waals surface area contributed by atoms with Gasteiger partial charge >= 0.3 is 0 Å². The molecule has 134 valence electrons. The van der Waals surface area contributed by atoms with Crippen LogP contribution in [0.2, 0.25) is 0 Å². The van der Waals surface area contributed by atoms with Crippen LogP contribution in [0, 0.1) is 0 Å². The number of ether oxygens (including phenoxy) is 1. The molecule has 5 heteroatoms. The molecule has 1 aromatic carbocycles. The normalized spacial score (nSPS) is 11.3. The number of nitrogens with zero attached hydrogens (tertiary/aromatic N) is 1. The summed E-state index contributed by atoms with van der Waals surface area (Å²) < 4.78 is 5.79. The van der Waals surface area contributed by atoms with E-state index in [1.165, 1.54) is 44.9 Å². The average molecular weight is 350 g/mol. The molecule has 0 unspecified atom stereocenters. The minimum absolute atomic E-state index is 0.166. The zero-order chi connectivity index (χ0) is 17.6. The van der Waals surface area contributed by atoms with Crippen molar-refractivity contribution in [2.45, 2.75) is 65.2 Å². The van der Waals surface area contributed by atoms with Crippen LogP contribution >= 0.6 is 12.2 Å². The van der Waals surface area contributed by atoms with Crippen molar-refractivity contribution in [2.75, 3.05) is 6.61 Å².